The highest BCUT2D eigenvalue weighted by molar-refractivity contribution is 7.88. The predicted octanol–water partition coefficient (Wildman–Crippen LogP) is 2.49. The highest BCUT2D eigenvalue weighted by Gasteiger charge is 2.31. The number of nitrogens with zero attached hydrogens (tertiary/aromatic N) is 4. The van der Waals surface area contributed by atoms with Crippen LogP contribution in [0.2, 0.25) is 0 Å². The molecule has 0 spiro atoms. The number of hydrogen-bond acceptors (Lipinski definition) is 7. The Hall–Kier alpha value is -1.81. The first-order valence-corrected chi connectivity index (χ1v) is 11.0. The summed E-state index contributed by atoms with van der Waals surface area (Å²) in [7, 11) is -3.43. The van der Waals surface area contributed by atoms with E-state index in [0.717, 1.165) is 10.4 Å². The largest absolute Gasteiger partial charge is 0.356 e. The fourth-order valence-corrected chi connectivity index (χ4v) is 5.46. The number of fused-ring (bicyclic) bond motifs is 1. The van der Waals surface area contributed by atoms with Gasteiger partial charge in [-0.3, -0.25) is 4.90 Å². The minimum Gasteiger partial charge on any atom is -0.356 e. The Morgan fingerprint density at radius 1 is 1.23 bits per heavy atom. The Labute approximate surface area is 156 Å². The first kappa shape index (κ1) is 17.6. The maximum Gasteiger partial charge on any atom is 0.220 e. The van der Waals surface area contributed by atoms with Gasteiger partial charge in [-0.2, -0.15) is 4.31 Å². The molecule has 1 saturated heterocycles. The van der Waals surface area contributed by atoms with Crippen LogP contribution in [0, 0.1) is 0 Å². The molecule has 2 aromatic heterocycles. The summed E-state index contributed by atoms with van der Waals surface area (Å²) in [6.45, 7) is 4.46. The summed E-state index contributed by atoms with van der Waals surface area (Å²) in [6, 6.07) is 7.53. The molecule has 1 aliphatic heterocycles. The van der Waals surface area contributed by atoms with Crippen LogP contribution in [0.1, 0.15) is 23.7 Å². The second-order valence-corrected chi connectivity index (χ2v) is 9.26. The van der Waals surface area contributed by atoms with Crippen molar-refractivity contribution in [3.05, 3.63) is 46.5 Å². The van der Waals surface area contributed by atoms with Gasteiger partial charge in [-0.1, -0.05) is 17.3 Å². The van der Waals surface area contributed by atoms with E-state index in [1.807, 2.05) is 23.6 Å². The van der Waals surface area contributed by atoms with Crippen LogP contribution < -0.4 is 0 Å². The summed E-state index contributed by atoms with van der Waals surface area (Å²) in [5.74, 6) is -0.133. The quantitative estimate of drug-likeness (QED) is 0.664. The molecule has 138 valence electrons. The average molecular weight is 393 g/mol. The summed E-state index contributed by atoms with van der Waals surface area (Å²) in [5, 5.41) is 7.74. The van der Waals surface area contributed by atoms with Crippen LogP contribution in [0.3, 0.4) is 0 Å². The van der Waals surface area contributed by atoms with Crippen LogP contribution in [-0.4, -0.2) is 53.9 Å². The summed E-state index contributed by atoms with van der Waals surface area (Å²) >= 11 is 1.63. The van der Waals surface area contributed by atoms with Gasteiger partial charge in [0, 0.05) is 43.1 Å². The number of thiazole rings is 1. The van der Waals surface area contributed by atoms with E-state index in [9.17, 15) is 8.42 Å². The van der Waals surface area contributed by atoms with Gasteiger partial charge in [0.2, 0.25) is 10.0 Å². The van der Waals surface area contributed by atoms with Crippen molar-refractivity contribution >= 4 is 32.3 Å². The van der Waals surface area contributed by atoms with Gasteiger partial charge in [-0.25, -0.2) is 13.4 Å². The van der Waals surface area contributed by atoms with E-state index >= 15 is 0 Å². The minimum absolute atomic E-state index is 0.133. The molecule has 0 amide bonds. The molecule has 9 heteroatoms. The molecule has 3 heterocycles. The van der Waals surface area contributed by atoms with Crippen molar-refractivity contribution in [1.82, 2.24) is 19.3 Å². The Kier molecular flexibility index (Phi) is 4.78. The van der Waals surface area contributed by atoms with E-state index in [2.05, 4.69) is 22.0 Å². The van der Waals surface area contributed by atoms with Crippen LogP contribution in [0.25, 0.3) is 11.0 Å². The van der Waals surface area contributed by atoms with Crippen molar-refractivity contribution in [3.63, 3.8) is 0 Å². The summed E-state index contributed by atoms with van der Waals surface area (Å²) in [4.78, 5) is 6.64. The van der Waals surface area contributed by atoms with E-state index in [4.69, 9.17) is 4.52 Å². The zero-order chi connectivity index (χ0) is 18.1. The number of hydrogen-bond donors (Lipinski definition) is 0. The molecule has 1 fully saturated rings. The van der Waals surface area contributed by atoms with Crippen LogP contribution in [0.4, 0.5) is 0 Å². The molecule has 1 aromatic carbocycles. The number of sulfonamides is 1. The maximum absolute atomic E-state index is 12.8. The van der Waals surface area contributed by atoms with Crippen molar-refractivity contribution in [2.75, 3.05) is 26.2 Å². The fourth-order valence-electron chi connectivity index (χ4n) is 3.27. The zero-order valence-electron chi connectivity index (χ0n) is 14.4. The third-order valence-corrected chi connectivity index (χ3v) is 7.53. The molecule has 0 bridgehead atoms. The van der Waals surface area contributed by atoms with E-state index in [1.165, 1.54) is 0 Å². The molecule has 0 unspecified atom stereocenters. The monoisotopic (exact) mass is 392 g/mol. The van der Waals surface area contributed by atoms with E-state index in [1.54, 1.807) is 27.9 Å². The number of para-hydroxylation sites is 1. The third kappa shape index (κ3) is 3.39. The van der Waals surface area contributed by atoms with E-state index in [0.29, 0.717) is 37.5 Å². The summed E-state index contributed by atoms with van der Waals surface area (Å²) in [5.41, 5.74) is 1.08. The number of piperazine rings is 1. The molecule has 0 N–H and O–H groups in total. The predicted molar refractivity (Wildman–Crippen MR) is 100 cm³/mol. The molecular weight excluding hydrogens is 372 g/mol. The van der Waals surface area contributed by atoms with Gasteiger partial charge in [0.05, 0.1) is 6.04 Å². The van der Waals surface area contributed by atoms with Crippen LogP contribution in [0.5, 0.6) is 0 Å². The van der Waals surface area contributed by atoms with Crippen molar-refractivity contribution in [3.8, 4) is 0 Å². The van der Waals surface area contributed by atoms with Gasteiger partial charge in [0.1, 0.15) is 16.5 Å². The van der Waals surface area contributed by atoms with Crippen molar-refractivity contribution in [1.29, 1.82) is 0 Å². The van der Waals surface area contributed by atoms with E-state index in [-0.39, 0.29) is 11.8 Å². The summed E-state index contributed by atoms with van der Waals surface area (Å²) in [6.07, 6.45) is 1.81. The molecule has 26 heavy (non-hydrogen) atoms. The Bertz CT molecular complexity index is 977. The molecule has 1 aliphatic rings. The molecular formula is C17H20N4O3S2. The third-order valence-electron chi connectivity index (χ3n) is 4.79. The Morgan fingerprint density at radius 3 is 2.73 bits per heavy atom. The van der Waals surface area contributed by atoms with Gasteiger partial charge in [0.15, 0.2) is 5.58 Å². The highest BCUT2D eigenvalue weighted by Crippen LogP contribution is 2.25. The first-order valence-electron chi connectivity index (χ1n) is 8.49. The lowest BCUT2D eigenvalue weighted by atomic mass is 10.2. The van der Waals surface area contributed by atoms with Crippen molar-refractivity contribution < 1.29 is 12.9 Å². The first-order chi connectivity index (χ1) is 12.5. The van der Waals surface area contributed by atoms with Gasteiger partial charge in [0.25, 0.3) is 0 Å². The van der Waals surface area contributed by atoms with Gasteiger partial charge < -0.3 is 4.52 Å². The molecule has 0 saturated carbocycles. The fraction of sp³-hybridized carbons (Fsp3) is 0.412. The Morgan fingerprint density at radius 2 is 2.00 bits per heavy atom. The number of rotatable bonds is 5. The lowest BCUT2D eigenvalue weighted by Gasteiger charge is -2.36. The SMILES string of the molecule is C[C@H](c1nccs1)N1CCN(S(=O)(=O)Cc2noc3ccccc23)CC1. The molecule has 0 radical (unpaired) electrons. The Balaban J connectivity index is 1.43. The van der Waals surface area contributed by atoms with Gasteiger partial charge in [-0.05, 0) is 19.1 Å². The smallest absolute Gasteiger partial charge is 0.220 e. The van der Waals surface area contributed by atoms with Crippen molar-refractivity contribution in [2.45, 2.75) is 18.7 Å². The van der Waals surface area contributed by atoms with Crippen molar-refractivity contribution in [2.24, 2.45) is 0 Å². The molecule has 3 aromatic rings. The van der Waals surface area contributed by atoms with E-state index < -0.39 is 10.0 Å². The van der Waals surface area contributed by atoms with Crippen LogP contribution >= 0.6 is 11.3 Å². The second kappa shape index (κ2) is 7.07. The molecule has 0 aliphatic carbocycles. The second-order valence-electron chi connectivity index (χ2n) is 6.36. The maximum atomic E-state index is 12.8. The average Bonchev–Trinajstić information content (AvgIpc) is 3.32. The standard InChI is InChI=1S/C17H20N4O3S2/c1-13(17-18-6-11-25-17)20-7-9-21(10-8-20)26(22,23)12-15-14-4-2-3-5-16(14)24-19-15/h2-6,11,13H,7-10,12H2,1H3/t13-/m1/s1. The van der Waals surface area contributed by atoms with Gasteiger partial charge in [-0.15, -0.1) is 11.3 Å². The minimum atomic E-state index is -3.43. The zero-order valence-corrected chi connectivity index (χ0v) is 16.0. The van der Waals surface area contributed by atoms with Crippen LogP contribution in [-0.2, 0) is 15.8 Å². The van der Waals surface area contributed by atoms with Crippen LogP contribution in [0.15, 0.2) is 40.4 Å². The topological polar surface area (TPSA) is 79.5 Å². The molecule has 1 atom stereocenters. The molecule has 7 nitrogen and oxygen atoms in total. The number of aromatic nitrogens is 2. The summed E-state index contributed by atoms with van der Waals surface area (Å²) < 4.78 is 32.4. The highest BCUT2D eigenvalue weighted by atomic mass is 32.2. The number of benzene rings is 1. The lowest BCUT2D eigenvalue weighted by molar-refractivity contribution is 0.145. The lowest BCUT2D eigenvalue weighted by Crippen LogP contribution is -2.49. The normalized spacial score (nSPS) is 18.3. The van der Waals surface area contributed by atoms with Gasteiger partial charge >= 0.3 is 0 Å². The molecule has 4 rings (SSSR count).